The summed E-state index contributed by atoms with van der Waals surface area (Å²) in [5, 5.41) is 10.9. The summed E-state index contributed by atoms with van der Waals surface area (Å²) in [7, 11) is 4.14. The fraction of sp³-hybridized carbons (Fsp3) is 0.647. The van der Waals surface area contributed by atoms with Crippen LogP contribution < -0.4 is 0 Å². The molecule has 2 aromatic rings. The van der Waals surface area contributed by atoms with E-state index in [-0.39, 0.29) is 0 Å². The highest BCUT2D eigenvalue weighted by Gasteiger charge is 2.30. The van der Waals surface area contributed by atoms with Crippen molar-refractivity contribution in [3.8, 4) is 0 Å². The molecule has 132 valence electrons. The van der Waals surface area contributed by atoms with Gasteiger partial charge in [-0.15, -0.1) is 16.4 Å². The summed E-state index contributed by atoms with van der Waals surface area (Å²) in [6, 6.07) is 4.32. The molecule has 0 aliphatic carbocycles. The third kappa shape index (κ3) is 4.22. The minimum atomic E-state index is 0.339. The average molecular weight is 350 g/mol. The minimum Gasteiger partial charge on any atom is -0.379 e. The van der Waals surface area contributed by atoms with Crippen LogP contribution in [0.2, 0.25) is 0 Å². The van der Waals surface area contributed by atoms with E-state index in [1.54, 1.807) is 0 Å². The van der Waals surface area contributed by atoms with Crippen LogP contribution in [0.15, 0.2) is 17.5 Å². The van der Waals surface area contributed by atoms with Gasteiger partial charge in [0.15, 0.2) is 0 Å². The smallest absolute Gasteiger partial charge is 0.100 e. The summed E-state index contributed by atoms with van der Waals surface area (Å²) >= 11 is 1.81. The van der Waals surface area contributed by atoms with Crippen molar-refractivity contribution in [1.29, 1.82) is 0 Å². The van der Waals surface area contributed by atoms with Crippen molar-refractivity contribution in [3.63, 3.8) is 0 Å². The van der Waals surface area contributed by atoms with Crippen molar-refractivity contribution in [2.75, 3.05) is 40.4 Å². The number of aromatic nitrogens is 3. The fourth-order valence-corrected chi connectivity index (χ4v) is 3.92. The zero-order chi connectivity index (χ0) is 16.9. The first-order valence-electron chi connectivity index (χ1n) is 8.56. The Bertz CT molecular complexity index is 625. The molecule has 24 heavy (non-hydrogen) atoms. The number of nitrogens with zero attached hydrogens (tertiary/aromatic N) is 5. The van der Waals surface area contributed by atoms with Crippen molar-refractivity contribution < 1.29 is 4.74 Å². The molecule has 3 rings (SSSR count). The van der Waals surface area contributed by atoms with E-state index in [1.807, 2.05) is 16.0 Å². The quantitative estimate of drug-likeness (QED) is 0.683. The van der Waals surface area contributed by atoms with Crippen LogP contribution in [0.4, 0.5) is 0 Å². The molecule has 0 fully saturated rings. The zero-order valence-electron chi connectivity index (χ0n) is 14.8. The van der Waals surface area contributed by atoms with E-state index < -0.39 is 0 Å². The number of ether oxygens (including phenoxy) is 1. The highest BCUT2D eigenvalue weighted by Crippen LogP contribution is 2.29. The Labute approximate surface area is 148 Å². The highest BCUT2D eigenvalue weighted by atomic mass is 32.1. The number of fused-ring (bicyclic) bond motifs is 1. The molecule has 2 aromatic heterocycles. The number of hydrogen-bond donors (Lipinski definition) is 0. The van der Waals surface area contributed by atoms with Crippen LogP contribution in [0.5, 0.6) is 0 Å². The van der Waals surface area contributed by atoms with E-state index in [2.05, 4.69) is 58.6 Å². The molecule has 0 amide bonds. The third-order valence-electron chi connectivity index (χ3n) is 4.35. The van der Waals surface area contributed by atoms with Crippen molar-refractivity contribution in [2.45, 2.75) is 32.5 Å². The van der Waals surface area contributed by atoms with Crippen LogP contribution in [-0.4, -0.2) is 65.2 Å². The predicted molar refractivity (Wildman–Crippen MR) is 96.2 cm³/mol. The number of aryl methyl sites for hydroxylation is 1. The van der Waals surface area contributed by atoms with Gasteiger partial charge in [-0.25, -0.2) is 4.68 Å². The maximum Gasteiger partial charge on any atom is 0.100 e. The molecule has 1 aliphatic rings. The maximum absolute atomic E-state index is 5.96. The Morgan fingerprint density at radius 1 is 1.42 bits per heavy atom. The SMILES string of the molecule is CCn1nnc2c1[C@H](COCCN(C)C)CN(Cc1cccs1)C2. The van der Waals surface area contributed by atoms with Crippen molar-refractivity contribution in [1.82, 2.24) is 24.8 Å². The largest absolute Gasteiger partial charge is 0.379 e. The molecule has 0 unspecified atom stereocenters. The fourth-order valence-electron chi connectivity index (χ4n) is 3.17. The molecule has 0 saturated heterocycles. The standard InChI is InChI=1S/C17H27N5OS/c1-4-22-17-14(13-23-8-7-20(2)3)10-21(12-16(17)18-19-22)11-15-6-5-9-24-15/h5-6,9,14H,4,7-8,10-13H2,1-3H3/t14-/m0/s1. The van der Waals surface area contributed by atoms with Gasteiger partial charge in [0.05, 0.1) is 18.9 Å². The van der Waals surface area contributed by atoms with Crippen LogP contribution in [0, 0.1) is 0 Å². The predicted octanol–water partition coefficient (Wildman–Crippen LogP) is 2.04. The second-order valence-electron chi connectivity index (χ2n) is 6.56. The molecule has 6 nitrogen and oxygen atoms in total. The van der Waals surface area contributed by atoms with E-state index in [1.165, 1.54) is 10.6 Å². The van der Waals surface area contributed by atoms with Gasteiger partial charge in [0.25, 0.3) is 0 Å². The van der Waals surface area contributed by atoms with E-state index >= 15 is 0 Å². The normalized spacial score (nSPS) is 18.2. The van der Waals surface area contributed by atoms with E-state index in [0.29, 0.717) is 5.92 Å². The van der Waals surface area contributed by atoms with Crippen LogP contribution in [0.3, 0.4) is 0 Å². The monoisotopic (exact) mass is 349 g/mol. The lowest BCUT2D eigenvalue weighted by atomic mass is 9.99. The van der Waals surface area contributed by atoms with Gasteiger partial charge in [-0.2, -0.15) is 0 Å². The van der Waals surface area contributed by atoms with Crippen molar-refractivity contribution >= 4 is 11.3 Å². The molecule has 0 aromatic carbocycles. The first-order chi connectivity index (χ1) is 11.7. The molecule has 1 aliphatic heterocycles. The summed E-state index contributed by atoms with van der Waals surface area (Å²) in [4.78, 5) is 6.00. The molecular formula is C17H27N5OS. The van der Waals surface area contributed by atoms with Crippen LogP contribution in [0.1, 0.15) is 29.1 Å². The van der Waals surface area contributed by atoms with Gasteiger partial charge >= 0.3 is 0 Å². The maximum atomic E-state index is 5.96. The van der Waals surface area contributed by atoms with Gasteiger partial charge in [-0.3, -0.25) is 4.90 Å². The van der Waals surface area contributed by atoms with Gasteiger partial charge in [-0.1, -0.05) is 11.3 Å². The lowest BCUT2D eigenvalue weighted by Crippen LogP contribution is -2.36. The molecule has 0 saturated carbocycles. The Morgan fingerprint density at radius 2 is 2.29 bits per heavy atom. The van der Waals surface area contributed by atoms with E-state index in [4.69, 9.17) is 4.74 Å². The topological polar surface area (TPSA) is 46.4 Å². The molecule has 7 heteroatoms. The Morgan fingerprint density at radius 3 is 3.00 bits per heavy atom. The second-order valence-corrected chi connectivity index (χ2v) is 7.59. The number of likely N-dealkylation sites (N-methyl/N-ethyl adjacent to an activating group) is 1. The number of thiophene rings is 1. The lowest BCUT2D eigenvalue weighted by molar-refractivity contribution is 0.0834. The Kier molecular flexibility index (Phi) is 5.99. The number of rotatable bonds is 8. The third-order valence-corrected chi connectivity index (χ3v) is 5.21. The van der Waals surface area contributed by atoms with Gasteiger partial charge in [0, 0.05) is 43.5 Å². The summed E-state index contributed by atoms with van der Waals surface area (Å²) in [5.41, 5.74) is 2.38. The Hall–Kier alpha value is -1.28. The molecule has 3 heterocycles. The van der Waals surface area contributed by atoms with Gasteiger partial charge in [-0.05, 0) is 32.5 Å². The number of hydrogen-bond acceptors (Lipinski definition) is 6. The first-order valence-corrected chi connectivity index (χ1v) is 9.44. The van der Waals surface area contributed by atoms with Crippen LogP contribution in [0.25, 0.3) is 0 Å². The lowest BCUT2D eigenvalue weighted by Gasteiger charge is -2.32. The molecule has 0 bridgehead atoms. The minimum absolute atomic E-state index is 0.339. The Balaban J connectivity index is 1.68. The van der Waals surface area contributed by atoms with Crippen molar-refractivity contribution in [3.05, 3.63) is 33.8 Å². The first kappa shape index (κ1) is 17.5. The molecule has 1 atom stereocenters. The van der Waals surface area contributed by atoms with Crippen molar-refractivity contribution in [2.24, 2.45) is 0 Å². The zero-order valence-corrected chi connectivity index (χ0v) is 15.6. The summed E-state index contributed by atoms with van der Waals surface area (Å²) in [5.74, 6) is 0.339. The van der Waals surface area contributed by atoms with Crippen LogP contribution in [-0.2, 0) is 24.4 Å². The second kappa shape index (κ2) is 8.20. The molecule has 0 radical (unpaired) electrons. The highest BCUT2D eigenvalue weighted by molar-refractivity contribution is 7.09. The summed E-state index contributed by atoms with van der Waals surface area (Å²) in [6.07, 6.45) is 0. The molecule has 0 spiro atoms. The van der Waals surface area contributed by atoms with E-state index in [9.17, 15) is 0 Å². The van der Waals surface area contributed by atoms with Gasteiger partial charge < -0.3 is 9.64 Å². The average Bonchev–Trinajstić information content (AvgIpc) is 3.20. The molecular weight excluding hydrogens is 322 g/mol. The van der Waals surface area contributed by atoms with Gasteiger partial charge in [0.1, 0.15) is 5.69 Å². The van der Waals surface area contributed by atoms with E-state index in [0.717, 1.165) is 51.6 Å². The van der Waals surface area contributed by atoms with Gasteiger partial charge in [0.2, 0.25) is 0 Å². The van der Waals surface area contributed by atoms with Crippen LogP contribution >= 0.6 is 11.3 Å². The molecule has 0 N–H and O–H groups in total. The summed E-state index contributed by atoms with van der Waals surface area (Å²) in [6.45, 7) is 8.28. The summed E-state index contributed by atoms with van der Waals surface area (Å²) < 4.78 is 8.00.